The lowest BCUT2D eigenvalue weighted by Gasteiger charge is -2.11. The lowest BCUT2D eigenvalue weighted by molar-refractivity contribution is -0.120. The van der Waals surface area contributed by atoms with Crippen LogP contribution in [0.3, 0.4) is 0 Å². The molecule has 0 aliphatic heterocycles. The molecule has 0 aliphatic carbocycles. The maximum Gasteiger partial charge on any atom is 0.240 e. The van der Waals surface area contributed by atoms with E-state index in [0.29, 0.717) is 11.3 Å². The maximum absolute atomic E-state index is 12.4. The number of hydrogen-bond donors (Lipinski definition) is 2. The van der Waals surface area contributed by atoms with E-state index in [9.17, 15) is 13.2 Å². The van der Waals surface area contributed by atoms with Crippen molar-refractivity contribution in [1.82, 2.24) is 10.0 Å². The molecular formula is C19H24N2O4S. The Kier molecular flexibility index (Phi) is 6.76. The van der Waals surface area contributed by atoms with Crippen molar-refractivity contribution in [3.8, 4) is 5.75 Å². The van der Waals surface area contributed by atoms with Gasteiger partial charge < -0.3 is 10.1 Å². The van der Waals surface area contributed by atoms with Gasteiger partial charge in [-0.25, -0.2) is 13.1 Å². The van der Waals surface area contributed by atoms with Crippen molar-refractivity contribution in [3.05, 3.63) is 59.2 Å². The lowest BCUT2D eigenvalue weighted by atomic mass is 10.1. The summed E-state index contributed by atoms with van der Waals surface area (Å²) >= 11 is 0. The average molecular weight is 376 g/mol. The summed E-state index contributed by atoms with van der Waals surface area (Å²) in [6.07, 6.45) is 0.174. The Hall–Kier alpha value is -2.38. The van der Waals surface area contributed by atoms with Crippen molar-refractivity contribution in [3.63, 3.8) is 0 Å². The van der Waals surface area contributed by atoms with Gasteiger partial charge in [0.1, 0.15) is 5.75 Å². The monoisotopic (exact) mass is 376 g/mol. The van der Waals surface area contributed by atoms with Gasteiger partial charge in [-0.15, -0.1) is 0 Å². The lowest BCUT2D eigenvalue weighted by Crippen LogP contribution is -2.35. The fourth-order valence-corrected chi connectivity index (χ4v) is 3.91. The van der Waals surface area contributed by atoms with E-state index in [2.05, 4.69) is 10.0 Å². The van der Waals surface area contributed by atoms with Gasteiger partial charge in [0.15, 0.2) is 0 Å². The van der Waals surface area contributed by atoms with E-state index in [1.54, 1.807) is 32.2 Å². The summed E-state index contributed by atoms with van der Waals surface area (Å²) < 4.78 is 32.5. The smallest absolute Gasteiger partial charge is 0.240 e. The number of carbonyl (C=O) groups is 1. The van der Waals surface area contributed by atoms with Crippen LogP contribution in [0.4, 0.5) is 0 Å². The number of aryl methyl sites for hydroxylation is 2. The number of amides is 1. The molecule has 26 heavy (non-hydrogen) atoms. The number of rotatable bonds is 8. The van der Waals surface area contributed by atoms with Gasteiger partial charge in [-0.2, -0.15) is 0 Å². The first-order valence-corrected chi connectivity index (χ1v) is 9.77. The molecule has 0 heterocycles. The Morgan fingerprint density at radius 3 is 2.54 bits per heavy atom. The van der Waals surface area contributed by atoms with Crippen molar-refractivity contribution < 1.29 is 17.9 Å². The number of benzene rings is 2. The largest absolute Gasteiger partial charge is 0.496 e. The fourth-order valence-electron chi connectivity index (χ4n) is 2.55. The quantitative estimate of drug-likeness (QED) is 0.690. The van der Waals surface area contributed by atoms with E-state index in [-0.39, 0.29) is 30.3 Å². The van der Waals surface area contributed by atoms with E-state index in [4.69, 9.17) is 4.74 Å². The summed E-state index contributed by atoms with van der Waals surface area (Å²) in [5, 5.41) is 2.71. The van der Waals surface area contributed by atoms with Crippen LogP contribution in [0, 0.1) is 13.8 Å². The fraction of sp³-hybridized carbons (Fsp3) is 0.316. The molecule has 0 aliphatic rings. The third-order valence-corrected chi connectivity index (χ3v) is 5.52. The Balaban J connectivity index is 1.86. The second kappa shape index (κ2) is 8.82. The first kappa shape index (κ1) is 19.9. The first-order chi connectivity index (χ1) is 12.3. The number of nitrogens with one attached hydrogen (secondary N) is 2. The Morgan fingerprint density at radius 1 is 1.08 bits per heavy atom. The summed E-state index contributed by atoms with van der Waals surface area (Å²) in [5.41, 5.74) is 2.34. The summed E-state index contributed by atoms with van der Waals surface area (Å²) in [5.74, 6) is 0.457. The number of hydrogen-bond acceptors (Lipinski definition) is 4. The van der Waals surface area contributed by atoms with Crippen LogP contribution in [0.25, 0.3) is 0 Å². The molecule has 7 heteroatoms. The van der Waals surface area contributed by atoms with Gasteiger partial charge in [0.05, 0.1) is 18.4 Å². The summed E-state index contributed by atoms with van der Waals surface area (Å²) in [6, 6.07) is 12.6. The predicted molar refractivity (Wildman–Crippen MR) is 101 cm³/mol. The molecule has 0 saturated carbocycles. The van der Waals surface area contributed by atoms with Crippen LogP contribution < -0.4 is 14.8 Å². The highest BCUT2D eigenvalue weighted by atomic mass is 32.2. The molecule has 6 nitrogen and oxygen atoms in total. The maximum atomic E-state index is 12.4. The zero-order valence-electron chi connectivity index (χ0n) is 15.2. The molecule has 0 radical (unpaired) electrons. The molecule has 2 aromatic rings. The van der Waals surface area contributed by atoms with Gasteiger partial charge in [0.2, 0.25) is 15.9 Å². The van der Waals surface area contributed by atoms with Crippen LogP contribution in [-0.2, 0) is 21.2 Å². The second-order valence-electron chi connectivity index (χ2n) is 6.01. The van der Waals surface area contributed by atoms with E-state index in [0.717, 1.165) is 11.1 Å². The summed E-state index contributed by atoms with van der Waals surface area (Å²) in [7, 11) is -2.05. The minimum atomic E-state index is -3.60. The zero-order chi connectivity index (χ0) is 19.2. The minimum Gasteiger partial charge on any atom is -0.496 e. The van der Waals surface area contributed by atoms with Crippen LogP contribution in [0.5, 0.6) is 5.75 Å². The molecule has 140 valence electrons. The number of methoxy groups -OCH3 is 1. The van der Waals surface area contributed by atoms with Crippen molar-refractivity contribution in [1.29, 1.82) is 0 Å². The normalized spacial score (nSPS) is 11.2. The van der Waals surface area contributed by atoms with Crippen molar-refractivity contribution in [2.45, 2.75) is 25.2 Å². The van der Waals surface area contributed by atoms with Crippen molar-refractivity contribution >= 4 is 15.9 Å². The predicted octanol–water partition coefficient (Wildman–Crippen LogP) is 1.95. The van der Waals surface area contributed by atoms with Gasteiger partial charge in [0.25, 0.3) is 0 Å². The average Bonchev–Trinajstić information content (AvgIpc) is 2.61. The third kappa shape index (κ3) is 5.31. The van der Waals surface area contributed by atoms with Crippen LogP contribution in [0.1, 0.15) is 16.7 Å². The van der Waals surface area contributed by atoms with Crippen LogP contribution in [-0.4, -0.2) is 34.5 Å². The van der Waals surface area contributed by atoms with Crippen LogP contribution >= 0.6 is 0 Å². The Morgan fingerprint density at radius 2 is 1.81 bits per heavy atom. The Labute approximate surface area is 154 Å². The SMILES string of the molecule is COc1ccccc1CC(=O)NCCNS(=O)(=O)c1cc(C)ccc1C. The molecule has 0 saturated heterocycles. The highest BCUT2D eigenvalue weighted by molar-refractivity contribution is 7.89. The van der Waals surface area contributed by atoms with Crippen LogP contribution in [0.2, 0.25) is 0 Å². The number of para-hydroxylation sites is 1. The molecular weight excluding hydrogens is 352 g/mol. The van der Waals surface area contributed by atoms with Gasteiger partial charge in [-0.3, -0.25) is 4.79 Å². The van der Waals surface area contributed by atoms with E-state index >= 15 is 0 Å². The molecule has 2 N–H and O–H groups in total. The molecule has 2 rings (SSSR count). The zero-order valence-corrected chi connectivity index (χ0v) is 16.0. The summed E-state index contributed by atoms with van der Waals surface area (Å²) in [6.45, 7) is 3.92. The van der Waals surface area contributed by atoms with Gasteiger partial charge in [-0.1, -0.05) is 30.3 Å². The van der Waals surface area contributed by atoms with Crippen molar-refractivity contribution in [2.75, 3.05) is 20.2 Å². The van der Waals surface area contributed by atoms with Gasteiger partial charge in [0, 0.05) is 18.7 Å². The van der Waals surface area contributed by atoms with E-state index < -0.39 is 10.0 Å². The molecule has 0 unspecified atom stereocenters. The molecule has 0 atom stereocenters. The topological polar surface area (TPSA) is 84.5 Å². The summed E-state index contributed by atoms with van der Waals surface area (Å²) in [4.78, 5) is 12.3. The molecule has 1 amide bonds. The third-order valence-electron chi connectivity index (χ3n) is 3.92. The molecule has 0 fully saturated rings. The molecule has 0 aromatic heterocycles. The second-order valence-corrected chi connectivity index (χ2v) is 7.74. The van der Waals surface area contributed by atoms with Gasteiger partial charge in [-0.05, 0) is 37.1 Å². The van der Waals surface area contributed by atoms with E-state index in [1.807, 2.05) is 31.2 Å². The first-order valence-electron chi connectivity index (χ1n) is 8.29. The minimum absolute atomic E-state index is 0.118. The van der Waals surface area contributed by atoms with Crippen molar-refractivity contribution in [2.24, 2.45) is 0 Å². The number of carbonyl (C=O) groups excluding carboxylic acids is 1. The highest BCUT2D eigenvalue weighted by Gasteiger charge is 2.16. The highest BCUT2D eigenvalue weighted by Crippen LogP contribution is 2.18. The van der Waals surface area contributed by atoms with Gasteiger partial charge >= 0.3 is 0 Å². The molecule has 0 bridgehead atoms. The van der Waals surface area contributed by atoms with Crippen LogP contribution in [0.15, 0.2) is 47.4 Å². The number of sulfonamides is 1. The standard InChI is InChI=1S/C19H24N2O4S/c1-14-8-9-15(2)18(12-14)26(23,24)21-11-10-20-19(22)13-16-6-4-5-7-17(16)25-3/h4-9,12,21H,10-11,13H2,1-3H3,(H,20,22). The Bertz CT molecular complexity index is 879. The number of ether oxygens (including phenoxy) is 1. The van der Waals surface area contributed by atoms with E-state index in [1.165, 1.54) is 0 Å². The molecule has 2 aromatic carbocycles. The molecule has 0 spiro atoms.